The number of nitrogens with zero attached hydrogens (tertiary/aromatic N) is 1. The SMILES string of the molecule is C=CCNS(O)(O)c1ccc(Cl)c([N+](=O)[O-])c1. The fraction of sp³-hybridized carbons (Fsp3) is 0.111. The molecule has 3 N–H and O–H groups in total. The van der Waals surface area contributed by atoms with E-state index in [1.165, 1.54) is 18.2 Å². The molecular formula is C9H11ClN2O4S. The first-order chi connectivity index (χ1) is 7.88. The largest absolute Gasteiger partial charge is 0.289 e. The first-order valence-electron chi connectivity index (χ1n) is 4.46. The second-order valence-corrected chi connectivity index (χ2v) is 5.32. The summed E-state index contributed by atoms with van der Waals surface area (Å²) in [6, 6.07) is 3.60. The van der Waals surface area contributed by atoms with Gasteiger partial charge in [-0.2, -0.15) is 0 Å². The van der Waals surface area contributed by atoms with Crippen LogP contribution < -0.4 is 4.72 Å². The van der Waals surface area contributed by atoms with Crippen LogP contribution in [0.25, 0.3) is 0 Å². The molecule has 1 rings (SSSR count). The van der Waals surface area contributed by atoms with E-state index in [-0.39, 0.29) is 22.2 Å². The van der Waals surface area contributed by atoms with Crippen molar-refractivity contribution >= 4 is 28.1 Å². The zero-order chi connectivity index (χ0) is 13.1. The number of benzene rings is 1. The quantitative estimate of drug-likeness (QED) is 0.437. The molecule has 8 heteroatoms. The average molecular weight is 279 g/mol. The Bertz CT molecular complexity index is 453. The Morgan fingerprint density at radius 3 is 2.76 bits per heavy atom. The van der Waals surface area contributed by atoms with Gasteiger partial charge in [0.2, 0.25) is 0 Å². The van der Waals surface area contributed by atoms with E-state index in [1.807, 2.05) is 0 Å². The summed E-state index contributed by atoms with van der Waals surface area (Å²) in [5.41, 5.74) is -0.371. The van der Waals surface area contributed by atoms with Crippen LogP contribution in [-0.2, 0) is 0 Å². The van der Waals surface area contributed by atoms with Gasteiger partial charge in [0.15, 0.2) is 0 Å². The van der Waals surface area contributed by atoms with Gasteiger partial charge >= 0.3 is 0 Å². The van der Waals surface area contributed by atoms with Crippen molar-refractivity contribution in [2.24, 2.45) is 0 Å². The minimum Gasteiger partial charge on any atom is -0.281 e. The molecule has 0 unspecified atom stereocenters. The Kier molecular flexibility index (Phi) is 4.49. The van der Waals surface area contributed by atoms with Crippen LogP contribution in [0.1, 0.15) is 0 Å². The lowest BCUT2D eigenvalue weighted by molar-refractivity contribution is -0.384. The van der Waals surface area contributed by atoms with Crippen molar-refractivity contribution in [1.82, 2.24) is 4.72 Å². The van der Waals surface area contributed by atoms with Crippen molar-refractivity contribution in [2.45, 2.75) is 4.90 Å². The zero-order valence-electron chi connectivity index (χ0n) is 8.67. The van der Waals surface area contributed by atoms with Gasteiger partial charge in [-0.1, -0.05) is 17.7 Å². The third-order valence-corrected chi connectivity index (χ3v) is 3.67. The molecule has 0 aromatic heterocycles. The third kappa shape index (κ3) is 3.42. The van der Waals surface area contributed by atoms with Crippen LogP contribution in [-0.4, -0.2) is 20.6 Å². The molecule has 0 fully saturated rings. The molecule has 0 bridgehead atoms. The molecule has 0 aliphatic rings. The normalized spacial score (nSPS) is 12.2. The Morgan fingerprint density at radius 2 is 2.24 bits per heavy atom. The van der Waals surface area contributed by atoms with Crippen molar-refractivity contribution < 1.29 is 14.0 Å². The standard InChI is InChI=1S/C9H11ClN2O4S/c1-2-5-11-17(15,16)7-3-4-8(10)9(6-7)12(13)14/h2-4,6,11,15-16H,1,5H2. The molecule has 0 aliphatic heterocycles. The minimum absolute atomic E-state index is 0.00968. The summed E-state index contributed by atoms with van der Waals surface area (Å²) in [6.07, 6.45) is 1.44. The fourth-order valence-electron chi connectivity index (χ4n) is 1.07. The molecular weight excluding hydrogens is 268 g/mol. The van der Waals surface area contributed by atoms with Crippen molar-refractivity contribution in [3.05, 3.63) is 46.0 Å². The summed E-state index contributed by atoms with van der Waals surface area (Å²) in [5, 5.41) is 10.6. The molecule has 6 nitrogen and oxygen atoms in total. The highest BCUT2D eigenvalue weighted by Crippen LogP contribution is 2.45. The van der Waals surface area contributed by atoms with E-state index < -0.39 is 15.7 Å². The first kappa shape index (κ1) is 13.9. The van der Waals surface area contributed by atoms with E-state index >= 15 is 0 Å². The number of hydrogen-bond donors (Lipinski definition) is 3. The number of nitro benzene ring substituents is 1. The molecule has 0 saturated carbocycles. The lowest BCUT2D eigenvalue weighted by Crippen LogP contribution is -2.20. The van der Waals surface area contributed by atoms with Crippen molar-refractivity contribution in [2.75, 3.05) is 6.54 Å². The summed E-state index contributed by atoms with van der Waals surface area (Å²) in [6.45, 7) is 3.58. The number of nitro groups is 1. The second kappa shape index (κ2) is 5.48. The topological polar surface area (TPSA) is 95.6 Å². The van der Waals surface area contributed by atoms with Crippen LogP contribution in [0.2, 0.25) is 5.02 Å². The summed E-state index contributed by atoms with van der Waals surface area (Å²) in [4.78, 5) is 9.97. The van der Waals surface area contributed by atoms with E-state index in [9.17, 15) is 19.2 Å². The Labute approximate surface area is 105 Å². The number of hydrogen-bond acceptors (Lipinski definition) is 5. The highest BCUT2D eigenvalue weighted by atomic mass is 35.5. The zero-order valence-corrected chi connectivity index (χ0v) is 10.2. The maximum Gasteiger partial charge on any atom is 0.289 e. The first-order valence-corrected chi connectivity index (χ1v) is 6.38. The van der Waals surface area contributed by atoms with Gasteiger partial charge in [0.25, 0.3) is 5.69 Å². The number of nitrogens with one attached hydrogen (secondary N) is 1. The van der Waals surface area contributed by atoms with Gasteiger partial charge in [0.1, 0.15) is 5.02 Å². The Balaban J connectivity index is 3.10. The lowest BCUT2D eigenvalue weighted by Gasteiger charge is -2.32. The maximum absolute atomic E-state index is 10.6. The molecule has 0 saturated heterocycles. The molecule has 17 heavy (non-hydrogen) atoms. The number of halogens is 1. The molecule has 94 valence electrons. The number of rotatable bonds is 5. The van der Waals surface area contributed by atoms with Crippen LogP contribution in [0.15, 0.2) is 35.7 Å². The Hall–Kier alpha value is -1.12. The third-order valence-electron chi connectivity index (χ3n) is 1.87. The molecule has 0 spiro atoms. The van der Waals surface area contributed by atoms with E-state index in [1.54, 1.807) is 0 Å². The van der Waals surface area contributed by atoms with Crippen LogP contribution in [0, 0.1) is 10.1 Å². The molecule has 1 aromatic rings. The van der Waals surface area contributed by atoms with Crippen LogP contribution in [0.4, 0.5) is 5.69 Å². The summed E-state index contributed by atoms with van der Waals surface area (Å²) >= 11 is 5.61. The van der Waals surface area contributed by atoms with E-state index in [0.29, 0.717) is 0 Å². The van der Waals surface area contributed by atoms with Gasteiger partial charge < -0.3 is 0 Å². The lowest BCUT2D eigenvalue weighted by atomic mass is 10.3. The highest BCUT2D eigenvalue weighted by molar-refractivity contribution is 8.22. The van der Waals surface area contributed by atoms with Gasteiger partial charge in [0, 0.05) is 12.6 Å². The summed E-state index contributed by atoms with van der Waals surface area (Å²) < 4.78 is 21.9. The van der Waals surface area contributed by atoms with Crippen molar-refractivity contribution in [1.29, 1.82) is 0 Å². The molecule has 0 heterocycles. The van der Waals surface area contributed by atoms with Crippen LogP contribution in [0.3, 0.4) is 0 Å². The van der Waals surface area contributed by atoms with Gasteiger partial charge in [-0.05, 0) is 12.1 Å². The molecule has 0 radical (unpaired) electrons. The van der Waals surface area contributed by atoms with Gasteiger partial charge in [0.05, 0.1) is 9.82 Å². The van der Waals surface area contributed by atoms with E-state index in [4.69, 9.17) is 11.6 Å². The predicted molar refractivity (Wildman–Crippen MR) is 67.4 cm³/mol. The van der Waals surface area contributed by atoms with Gasteiger partial charge in [-0.15, -0.1) is 17.4 Å². The Morgan fingerprint density at radius 1 is 1.59 bits per heavy atom. The maximum atomic E-state index is 10.6. The summed E-state index contributed by atoms with van der Waals surface area (Å²) in [7, 11) is -3.28. The second-order valence-electron chi connectivity index (χ2n) is 3.06. The van der Waals surface area contributed by atoms with Crippen molar-refractivity contribution in [3.63, 3.8) is 0 Å². The fourth-order valence-corrected chi connectivity index (χ4v) is 2.31. The smallest absolute Gasteiger partial charge is 0.281 e. The average Bonchev–Trinajstić information content (AvgIpc) is 2.26. The van der Waals surface area contributed by atoms with Crippen LogP contribution >= 0.6 is 22.4 Å². The van der Waals surface area contributed by atoms with Crippen LogP contribution in [0.5, 0.6) is 0 Å². The van der Waals surface area contributed by atoms with E-state index in [0.717, 1.165) is 6.07 Å². The van der Waals surface area contributed by atoms with E-state index in [2.05, 4.69) is 11.3 Å². The van der Waals surface area contributed by atoms with Gasteiger partial charge in [-0.3, -0.25) is 19.2 Å². The molecule has 0 amide bonds. The molecule has 1 aromatic carbocycles. The van der Waals surface area contributed by atoms with Gasteiger partial charge in [-0.25, -0.2) is 4.72 Å². The highest BCUT2D eigenvalue weighted by Gasteiger charge is 2.20. The minimum atomic E-state index is -3.28. The predicted octanol–water partition coefficient (Wildman–Crippen LogP) is 3.05. The monoisotopic (exact) mass is 278 g/mol. The van der Waals surface area contributed by atoms with Crippen molar-refractivity contribution in [3.8, 4) is 0 Å². The molecule has 0 atom stereocenters. The molecule has 0 aliphatic carbocycles. The summed E-state index contributed by atoms with van der Waals surface area (Å²) in [5.74, 6) is 0.